The lowest BCUT2D eigenvalue weighted by Gasteiger charge is -2.26. The Bertz CT molecular complexity index is 1090. The Hall–Kier alpha value is -3.12. The summed E-state index contributed by atoms with van der Waals surface area (Å²) in [5.41, 5.74) is 2.90. The van der Waals surface area contributed by atoms with Crippen molar-refractivity contribution in [2.24, 2.45) is 0 Å². The van der Waals surface area contributed by atoms with Gasteiger partial charge in [0.05, 0.1) is 4.90 Å². The fraction of sp³-hybridized carbons (Fsp3) is 0.174. The molecule has 0 aromatic heterocycles. The van der Waals surface area contributed by atoms with E-state index in [2.05, 4.69) is 26.0 Å². The minimum Gasteiger partial charge on any atom is -0.410 e. The average molecular weight is 410 g/mol. The quantitative estimate of drug-likeness (QED) is 0.657. The Morgan fingerprint density at radius 3 is 1.97 bits per heavy atom. The van der Waals surface area contributed by atoms with Gasteiger partial charge in [0.25, 0.3) is 10.0 Å². The van der Waals surface area contributed by atoms with Gasteiger partial charge in [-0.25, -0.2) is 17.9 Å². The van der Waals surface area contributed by atoms with Crippen molar-refractivity contribution in [3.63, 3.8) is 0 Å². The van der Waals surface area contributed by atoms with Crippen LogP contribution in [0.4, 0.5) is 4.79 Å². The number of carbonyl (C=O) groups excluding carboxylic acids is 1. The van der Waals surface area contributed by atoms with Crippen molar-refractivity contribution in [2.45, 2.75) is 31.1 Å². The minimum absolute atomic E-state index is 0.00000798. The molecule has 3 rings (SSSR count). The molecule has 5 nitrogen and oxygen atoms in total. The van der Waals surface area contributed by atoms with E-state index in [1.54, 1.807) is 24.3 Å². The van der Waals surface area contributed by atoms with Crippen molar-refractivity contribution in [3.8, 4) is 5.75 Å². The van der Waals surface area contributed by atoms with Crippen LogP contribution in [0, 0.1) is 6.92 Å². The fourth-order valence-corrected chi connectivity index (χ4v) is 3.85. The van der Waals surface area contributed by atoms with Gasteiger partial charge in [-0.3, -0.25) is 0 Å². The molecule has 3 aromatic rings. The molecule has 0 heterocycles. The Morgan fingerprint density at radius 2 is 1.38 bits per heavy atom. The molecule has 0 radical (unpaired) electrons. The van der Waals surface area contributed by atoms with Crippen LogP contribution < -0.4 is 9.46 Å². The molecule has 150 valence electrons. The van der Waals surface area contributed by atoms with E-state index in [0.29, 0.717) is 0 Å². The highest BCUT2D eigenvalue weighted by Gasteiger charge is 2.23. The predicted octanol–water partition coefficient (Wildman–Crippen LogP) is 4.80. The lowest BCUT2D eigenvalue weighted by Crippen LogP contribution is -2.33. The summed E-state index contributed by atoms with van der Waals surface area (Å²) < 4.78 is 31.6. The molecule has 1 amide bonds. The van der Waals surface area contributed by atoms with E-state index in [1.165, 1.54) is 12.1 Å². The number of benzene rings is 3. The number of sulfonamides is 1. The van der Waals surface area contributed by atoms with E-state index in [1.807, 2.05) is 42.0 Å². The number of hydrogen-bond donors (Lipinski definition) is 1. The summed E-state index contributed by atoms with van der Waals surface area (Å²) in [6.07, 6.45) is -1.05. The van der Waals surface area contributed by atoms with Crippen LogP contribution in [0.15, 0.2) is 83.8 Å². The topological polar surface area (TPSA) is 72.5 Å². The molecule has 0 saturated carbocycles. The van der Waals surface area contributed by atoms with E-state index < -0.39 is 16.1 Å². The molecule has 3 aromatic carbocycles. The lowest BCUT2D eigenvalue weighted by molar-refractivity contribution is 0.207. The zero-order valence-electron chi connectivity index (χ0n) is 16.5. The predicted molar refractivity (Wildman–Crippen MR) is 113 cm³/mol. The first-order valence-corrected chi connectivity index (χ1v) is 10.6. The molecule has 0 bridgehead atoms. The monoisotopic (exact) mass is 409 g/mol. The van der Waals surface area contributed by atoms with Gasteiger partial charge in [-0.05, 0) is 42.3 Å². The third-order valence-corrected chi connectivity index (χ3v) is 6.16. The second-order valence-electron chi connectivity index (χ2n) is 7.32. The summed E-state index contributed by atoms with van der Waals surface area (Å²) in [5.74, 6) is 0.259. The molecule has 0 spiro atoms. The van der Waals surface area contributed by atoms with E-state index in [9.17, 15) is 13.2 Å². The van der Waals surface area contributed by atoms with Crippen LogP contribution in [0.5, 0.6) is 5.75 Å². The SMILES string of the molecule is Cc1ccc(S(=O)(=O)NC(=O)Oc2ccc(C(C)(C)c3ccccc3)cc2)cc1. The zero-order valence-corrected chi connectivity index (χ0v) is 17.4. The Balaban J connectivity index is 1.69. The summed E-state index contributed by atoms with van der Waals surface area (Å²) in [5, 5.41) is 0. The van der Waals surface area contributed by atoms with Gasteiger partial charge in [0.15, 0.2) is 0 Å². The smallest absolute Gasteiger partial charge is 0.410 e. The Kier molecular flexibility index (Phi) is 5.75. The van der Waals surface area contributed by atoms with E-state index in [4.69, 9.17) is 4.74 Å². The van der Waals surface area contributed by atoms with Gasteiger partial charge in [-0.1, -0.05) is 74.0 Å². The van der Waals surface area contributed by atoms with Gasteiger partial charge in [0, 0.05) is 5.41 Å². The maximum Gasteiger partial charge on any atom is 0.426 e. The molecule has 0 aliphatic carbocycles. The normalized spacial score (nSPS) is 11.7. The molecule has 0 atom stereocenters. The number of hydrogen-bond acceptors (Lipinski definition) is 4. The molecule has 1 N–H and O–H groups in total. The summed E-state index contributed by atoms with van der Waals surface area (Å²) in [7, 11) is -3.99. The fourth-order valence-electron chi connectivity index (χ4n) is 2.98. The van der Waals surface area contributed by atoms with Gasteiger partial charge in [-0.2, -0.15) is 0 Å². The highest BCUT2D eigenvalue weighted by molar-refractivity contribution is 7.90. The van der Waals surface area contributed by atoms with Crippen LogP contribution in [0.25, 0.3) is 0 Å². The third kappa shape index (κ3) is 4.84. The number of nitrogens with one attached hydrogen (secondary N) is 1. The van der Waals surface area contributed by atoms with Crippen molar-refractivity contribution < 1.29 is 17.9 Å². The molecule has 0 aliphatic rings. The maximum atomic E-state index is 12.3. The highest BCUT2D eigenvalue weighted by Crippen LogP contribution is 2.32. The third-order valence-electron chi connectivity index (χ3n) is 4.83. The standard InChI is InChI=1S/C23H23NO4S/c1-17-9-15-21(16-10-17)29(26,27)24-22(25)28-20-13-11-19(12-14-20)23(2,3)18-7-5-4-6-8-18/h4-16H,1-3H3,(H,24,25). The molecular weight excluding hydrogens is 386 g/mol. The molecular formula is C23H23NO4S. The van der Waals surface area contributed by atoms with Crippen molar-refractivity contribution in [3.05, 3.63) is 95.6 Å². The van der Waals surface area contributed by atoms with E-state index in [-0.39, 0.29) is 16.1 Å². The van der Waals surface area contributed by atoms with Crippen LogP contribution in [-0.4, -0.2) is 14.5 Å². The summed E-state index contributed by atoms with van der Waals surface area (Å²) in [6, 6.07) is 23.3. The van der Waals surface area contributed by atoms with Gasteiger partial charge in [0.2, 0.25) is 0 Å². The molecule has 0 fully saturated rings. The summed E-state index contributed by atoms with van der Waals surface area (Å²) in [4.78, 5) is 12.1. The van der Waals surface area contributed by atoms with Crippen molar-refractivity contribution in [1.82, 2.24) is 4.72 Å². The zero-order chi connectivity index (χ0) is 21.1. The van der Waals surface area contributed by atoms with Gasteiger partial charge < -0.3 is 4.74 Å². The van der Waals surface area contributed by atoms with Gasteiger partial charge >= 0.3 is 6.09 Å². The van der Waals surface area contributed by atoms with Crippen molar-refractivity contribution in [1.29, 1.82) is 0 Å². The van der Waals surface area contributed by atoms with Crippen LogP contribution in [0.3, 0.4) is 0 Å². The first-order valence-electron chi connectivity index (χ1n) is 9.16. The maximum absolute atomic E-state index is 12.3. The van der Waals surface area contributed by atoms with Crippen molar-refractivity contribution in [2.75, 3.05) is 0 Å². The van der Waals surface area contributed by atoms with Gasteiger partial charge in [0.1, 0.15) is 5.75 Å². The Labute approximate surface area is 171 Å². The number of carbonyl (C=O) groups is 1. The molecule has 0 aliphatic heterocycles. The molecule has 6 heteroatoms. The first-order chi connectivity index (χ1) is 13.7. The van der Waals surface area contributed by atoms with Crippen LogP contribution >= 0.6 is 0 Å². The number of rotatable bonds is 5. The first kappa shape index (κ1) is 20.6. The van der Waals surface area contributed by atoms with Crippen molar-refractivity contribution >= 4 is 16.1 Å². The second-order valence-corrected chi connectivity index (χ2v) is 9.01. The molecule has 29 heavy (non-hydrogen) atoms. The second kappa shape index (κ2) is 8.09. The average Bonchev–Trinajstić information content (AvgIpc) is 2.69. The number of aryl methyl sites for hydroxylation is 1. The number of amides is 1. The van der Waals surface area contributed by atoms with Gasteiger partial charge in [-0.15, -0.1) is 0 Å². The molecule has 0 saturated heterocycles. The Morgan fingerprint density at radius 1 is 0.828 bits per heavy atom. The van der Waals surface area contributed by atoms with Crippen LogP contribution in [0.1, 0.15) is 30.5 Å². The van der Waals surface area contributed by atoms with E-state index >= 15 is 0 Å². The van der Waals surface area contributed by atoms with E-state index in [0.717, 1.165) is 16.7 Å². The lowest BCUT2D eigenvalue weighted by atomic mass is 9.78. The highest BCUT2D eigenvalue weighted by atomic mass is 32.2. The van der Waals surface area contributed by atoms with Crippen LogP contribution in [-0.2, 0) is 15.4 Å². The van der Waals surface area contributed by atoms with Crippen LogP contribution in [0.2, 0.25) is 0 Å². The summed E-state index contributed by atoms with van der Waals surface area (Å²) >= 11 is 0. The largest absolute Gasteiger partial charge is 0.426 e. The number of ether oxygens (including phenoxy) is 1. The minimum atomic E-state index is -3.99. The summed E-state index contributed by atoms with van der Waals surface area (Å²) in [6.45, 7) is 6.07. The molecule has 0 unspecified atom stereocenters.